The van der Waals surface area contributed by atoms with Gasteiger partial charge in [-0.2, -0.15) is 9.82 Å². The molecule has 0 radical (unpaired) electrons. The van der Waals surface area contributed by atoms with Crippen LogP contribution in [-0.4, -0.2) is 29.6 Å². The Balaban J connectivity index is 3.02. The molecule has 0 saturated carbocycles. The number of rotatable bonds is 4. The first-order chi connectivity index (χ1) is 7.15. The van der Waals surface area contributed by atoms with Crippen LogP contribution in [0.1, 0.15) is 13.8 Å². The summed E-state index contributed by atoms with van der Waals surface area (Å²) < 4.78 is 27.4. The third-order valence-corrected chi connectivity index (χ3v) is 3.66. The highest BCUT2D eigenvalue weighted by Crippen LogP contribution is 2.11. The molecule has 0 fully saturated rings. The van der Waals surface area contributed by atoms with Crippen molar-refractivity contribution < 1.29 is 8.42 Å². The van der Waals surface area contributed by atoms with Crippen LogP contribution in [-0.2, 0) is 17.1 Å². The summed E-state index contributed by atoms with van der Waals surface area (Å²) in [5.74, 6) is -0.250. The average Bonchev–Trinajstić information content (AvgIpc) is 2.50. The first-order valence-electron chi connectivity index (χ1n) is 4.52. The van der Waals surface area contributed by atoms with Crippen molar-refractivity contribution in [3.05, 3.63) is 12.4 Å². The number of aryl methyl sites for hydroxylation is 1. The van der Waals surface area contributed by atoms with Crippen molar-refractivity contribution in [2.24, 2.45) is 12.8 Å². The summed E-state index contributed by atoms with van der Waals surface area (Å²) in [5, 5.41) is 11.0. The van der Waals surface area contributed by atoms with Crippen LogP contribution in [0.25, 0.3) is 0 Å². The highest BCUT2D eigenvalue weighted by molar-refractivity contribution is 7.89. The fraction of sp³-hybridized carbons (Fsp3) is 0.500. The van der Waals surface area contributed by atoms with Gasteiger partial charge in [0.15, 0.2) is 0 Å². The molecule has 0 atom stereocenters. The third kappa shape index (κ3) is 2.58. The molecule has 16 heavy (non-hydrogen) atoms. The molecule has 0 bridgehead atoms. The second kappa shape index (κ2) is 3.87. The van der Waals surface area contributed by atoms with Crippen LogP contribution in [0.3, 0.4) is 0 Å². The van der Waals surface area contributed by atoms with E-state index in [-0.39, 0.29) is 10.7 Å². The van der Waals surface area contributed by atoms with Gasteiger partial charge >= 0.3 is 0 Å². The molecule has 1 heterocycles. The maximum absolute atomic E-state index is 11.8. The van der Waals surface area contributed by atoms with Gasteiger partial charge in [0.05, 0.1) is 11.7 Å². The molecule has 0 aromatic carbocycles. The summed E-state index contributed by atoms with van der Waals surface area (Å²) in [6, 6.07) is 0. The van der Waals surface area contributed by atoms with Crippen molar-refractivity contribution in [3.8, 4) is 0 Å². The fourth-order valence-electron chi connectivity index (χ4n) is 0.987. The Bertz CT molecular complexity index is 502. The molecular formula is C8H15N5O2S. The SMILES string of the molecule is Cn1cc(S(=O)(=O)NC(C)(C)C(=N)N)cn1. The highest BCUT2D eigenvalue weighted by atomic mass is 32.2. The molecule has 1 aromatic heterocycles. The summed E-state index contributed by atoms with van der Waals surface area (Å²) in [7, 11) is -2.08. The van der Waals surface area contributed by atoms with E-state index in [2.05, 4.69) is 9.82 Å². The summed E-state index contributed by atoms with van der Waals surface area (Å²) >= 11 is 0. The van der Waals surface area contributed by atoms with E-state index in [4.69, 9.17) is 11.1 Å². The van der Waals surface area contributed by atoms with Crippen molar-refractivity contribution in [3.63, 3.8) is 0 Å². The Morgan fingerprint density at radius 2 is 2.19 bits per heavy atom. The van der Waals surface area contributed by atoms with E-state index in [0.29, 0.717) is 0 Å². The number of amidine groups is 1. The van der Waals surface area contributed by atoms with Gasteiger partial charge in [-0.1, -0.05) is 0 Å². The lowest BCUT2D eigenvalue weighted by Crippen LogP contribution is -2.52. The summed E-state index contributed by atoms with van der Waals surface area (Å²) in [6.45, 7) is 3.03. The minimum atomic E-state index is -3.70. The zero-order valence-electron chi connectivity index (χ0n) is 9.35. The van der Waals surface area contributed by atoms with Gasteiger partial charge in [-0.25, -0.2) is 8.42 Å². The standard InChI is InChI=1S/C8H15N5O2S/c1-8(2,7(9)10)12-16(14,15)6-4-11-13(3)5-6/h4-5,12H,1-3H3,(H3,9,10). The second-order valence-corrected chi connectivity index (χ2v) is 5.68. The second-order valence-electron chi connectivity index (χ2n) is 3.99. The molecule has 0 amide bonds. The predicted molar refractivity (Wildman–Crippen MR) is 59.5 cm³/mol. The molecular weight excluding hydrogens is 230 g/mol. The molecule has 0 unspecified atom stereocenters. The van der Waals surface area contributed by atoms with Gasteiger partial charge in [0.1, 0.15) is 10.7 Å². The fourth-order valence-corrected chi connectivity index (χ4v) is 2.36. The lowest BCUT2D eigenvalue weighted by molar-refractivity contribution is 0.542. The summed E-state index contributed by atoms with van der Waals surface area (Å²) in [4.78, 5) is 0.0457. The number of aromatic nitrogens is 2. The normalized spacial score (nSPS) is 12.7. The Morgan fingerprint density at radius 1 is 1.62 bits per heavy atom. The molecule has 1 rings (SSSR count). The average molecular weight is 245 g/mol. The van der Waals surface area contributed by atoms with Crippen LogP contribution in [0.4, 0.5) is 0 Å². The number of nitrogens with one attached hydrogen (secondary N) is 2. The van der Waals surface area contributed by atoms with Crippen molar-refractivity contribution in [1.82, 2.24) is 14.5 Å². The minimum Gasteiger partial charge on any atom is -0.386 e. The van der Waals surface area contributed by atoms with Gasteiger partial charge in [-0.3, -0.25) is 10.1 Å². The monoisotopic (exact) mass is 245 g/mol. The van der Waals surface area contributed by atoms with Crippen LogP contribution >= 0.6 is 0 Å². The van der Waals surface area contributed by atoms with Gasteiger partial charge in [0.25, 0.3) is 0 Å². The number of sulfonamides is 1. The van der Waals surface area contributed by atoms with Crippen LogP contribution < -0.4 is 10.5 Å². The molecule has 0 saturated heterocycles. The number of hydrogen-bond acceptors (Lipinski definition) is 4. The lowest BCUT2D eigenvalue weighted by Gasteiger charge is -2.23. The zero-order chi connectivity index (χ0) is 12.6. The van der Waals surface area contributed by atoms with E-state index in [1.165, 1.54) is 30.9 Å². The van der Waals surface area contributed by atoms with E-state index in [9.17, 15) is 8.42 Å². The molecule has 8 heteroatoms. The Hall–Kier alpha value is -1.41. The van der Waals surface area contributed by atoms with Crippen molar-refractivity contribution in [2.45, 2.75) is 24.3 Å². The topological polar surface area (TPSA) is 114 Å². The first kappa shape index (κ1) is 12.7. The molecule has 7 nitrogen and oxygen atoms in total. The third-order valence-electron chi connectivity index (χ3n) is 2.05. The largest absolute Gasteiger partial charge is 0.386 e. The van der Waals surface area contributed by atoms with Crippen LogP contribution in [0.2, 0.25) is 0 Å². The number of nitrogens with two attached hydrogens (primary N) is 1. The van der Waals surface area contributed by atoms with Crippen LogP contribution in [0, 0.1) is 5.41 Å². The Kier molecular flexibility index (Phi) is 3.06. The summed E-state index contributed by atoms with van der Waals surface area (Å²) in [6.07, 6.45) is 2.61. The first-order valence-corrected chi connectivity index (χ1v) is 6.00. The highest BCUT2D eigenvalue weighted by Gasteiger charge is 2.29. The lowest BCUT2D eigenvalue weighted by atomic mass is 10.1. The van der Waals surface area contributed by atoms with E-state index >= 15 is 0 Å². The molecule has 0 aliphatic carbocycles. The maximum atomic E-state index is 11.8. The molecule has 1 aromatic rings. The van der Waals surface area contributed by atoms with Gasteiger partial charge in [-0.05, 0) is 13.8 Å². The van der Waals surface area contributed by atoms with E-state index in [0.717, 1.165) is 0 Å². The molecule has 90 valence electrons. The van der Waals surface area contributed by atoms with Crippen LogP contribution in [0.5, 0.6) is 0 Å². The Labute approximate surface area is 94.2 Å². The minimum absolute atomic E-state index is 0.0457. The van der Waals surface area contributed by atoms with Crippen molar-refractivity contribution >= 4 is 15.9 Å². The van der Waals surface area contributed by atoms with Gasteiger partial charge in [-0.15, -0.1) is 0 Å². The molecule has 0 aliphatic heterocycles. The molecule has 0 aliphatic rings. The van der Waals surface area contributed by atoms with Gasteiger partial charge < -0.3 is 5.73 Å². The Morgan fingerprint density at radius 3 is 2.56 bits per heavy atom. The smallest absolute Gasteiger partial charge is 0.244 e. The maximum Gasteiger partial charge on any atom is 0.244 e. The van der Waals surface area contributed by atoms with Crippen molar-refractivity contribution in [1.29, 1.82) is 5.41 Å². The van der Waals surface area contributed by atoms with E-state index in [1.807, 2.05) is 0 Å². The quantitative estimate of drug-likeness (QED) is 0.486. The van der Waals surface area contributed by atoms with E-state index < -0.39 is 15.6 Å². The van der Waals surface area contributed by atoms with Gasteiger partial charge in [0.2, 0.25) is 10.0 Å². The zero-order valence-corrected chi connectivity index (χ0v) is 10.2. The van der Waals surface area contributed by atoms with Crippen molar-refractivity contribution in [2.75, 3.05) is 0 Å². The predicted octanol–water partition coefficient (Wildman–Crippen LogP) is -0.587. The number of hydrogen-bond donors (Lipinski definition) is 3. The van der Waals surface area contributed by atoms with E-state index in [1.54, 1.807) is 7.05 Å². The van der Waals surface area contributed by atoms with Gasteiger partial charge in [0, 0.05) is 13.2 Å². The van der Waals surface area contributed by atoms with Crippen LogP contribution in [0.15, 0.2) is 17.3 Å². The number of nitrogens with zero attached hydrogens (tertiary/aromatic N) is 2. The summed E-state index contributed by atoms with van der Waals surface area (Å²) in [5.41, 5.74) is 4.18. The molecule has 4 N–H and O–H groups in total. The molecule has 0 spiro atoms.